The van der Waals surface area contributed by atoms with Gasteiger partial charge in [-0.25, -0.2) is 14.1 Å². The number of aromatic nitrogens is 3. The minimum absolute atomic E-state index is 0.0180. The van der Waals surface area contributed by atoms with E-state index in [4.69, 9.17) is 5.26 Å². The Labute approximate surface area is 108 Å². The Kier molecular flexibility index (Phi) is 3.83. The molecule has 0 aliphatic rings. The van der Waals surface area contributed by atoms with Crippen LogP contribution in [0.4, 0.5) is 4.39 Å². The lowest BCUT2D eigenvalue weighted by molar-refractivity contribution is -0.122. The maximum atomic E-state index is 12.7. The summed E-state index contributed by atoms with van der Waals surface area (Å²) in [4.78, 5) is 15.3. The molecule has 0 atom stereocenters. The van der Waals surface area contributed by atoms with E-state index in [1.807, 2.05) is 0 Å². The van der Waals surface area contributed by atoms with Crippen molar-refractivity contribution in [2.45, 2.75) is 13.1 Å². The fourth-order valence-corrected chi connectivity index (χ4v) is 1.43. The molecule has 0 aliphatic heterocycles. The molecule has 0 fully saturated rings. The van der Waals surface area contributed by atoms with Crippen LogP contribution in [0.5, 0.6) is 0 Å². The van der Waals surface area contributed by atoms with Gasteiger partial charge in [0.05, 0.1) is 0 Å². The predicted octanol–water partition coefficient (Wildman–Crippen LogP) is 0.605. The maximum Gasteiger partial charge on any atom is 0.252 e. The highest BCUT2D eigenvalue weighted by Gasteiger charge is 2.05. The molecule has 19 heavy (non-hydrogen) atoms. The lowest BCUT2D eigenvalue weighted by atomic mass is 10.2. The first-order valence-electron chi connectivity index (χ1n) is 5.48. The van der Waals surface area contributed by atoms with Crippen LogP contribution in [0.1, 0.15) is 11.4 Å². The van der Waals surface area contributed by atoms with Crippen molar-refractivity contribution in [3.63, 3.8) is 0 Å². The zero-order valence-corrected chi connectivity index (χ0v) is 9.88. The van der Waals surface area contributed by atoms with Gasteiger partial charge in [0, 0.05) is 6.54 Å². The summed E-state index contributed by atoms with van der Waals surface area (Å²) in [7, 11) is 0. The number of hydrogen-bond acceptors (Lipinski definition) is 4. The minimum atomic E-state index is -0.318. The zero-order valence-electron chi connectivity index (χ0n) is 9.88. The van der Waals surface area contributed by atoms with Gasteiger partial charge in [0.15, 0.2) is 0 Å². The third kappa shape index (κ3) is 3.61. The Balaban J connectivity index is 1.84. The highest BCUT2D eigenvalue weighted by Crippen LogP contribution is 2.02. The smallest absolute Gasteiger partial charge is 0.252 e. The predicted molar refractivity (Wildman–Crippen MR) is 63.0 cm³/mol. The van der Waals surface area contributed by atoms with Gasteiger partial charge in [-0.2, -0.15) is 5.26 Å². The van der Waals surface area contributed by atoms with Crippen molar-refractivity contribution < 1.29 is 9.18 Å². The first-order chi connectivity index (χ1) is 9.17. The average molecular weight is 259 g/mol. The molecular formula is C12H10FN5O. The average Bonchev–Trinajstić information content (AvgIpc) is 2.86. The second kappa shape index (κ2) is 5.73. The van der Waals surface area contributed by atoms with Crippen molar-refractivity contribution in [2.75, 3.05) is 0 Å². The van der Waals surface area contributed by atoms with Crippen molar-refractivity contribution in [2.24, 2.45) is 0 Å². The summed E-state index contributed by atoms with van der Waals surface area (Å²) in [6.07, 6.45) is 1.32. The van der Waals surface area contributed by atoms with Crippen LogP contribution in [0.3, 0.4) is 0 Å². The molecule has 0 saturated carbocycles. The van der Waals surface area contributed by atoms with Crippen LogP contribution in [0.2, 0.25) is 0 Å². The van der Waals surface area contributed by atoms with Gasteiger partial charge < -0.3 is 5.32 Å². The topological polar surface area (TPSA) is 83.6 Å². The van der Waals surface area contributed by atoms with Gasteiger partial charge in [-0.15, -0.1) is 5.10 Å². The number of benzene rings is 1. The first kappa shape index (κ1) is 12.7. The van der Waals surface area contributed by atoms with Gasteiger partial charge in [0.1, 0.15) is 24.8 Å². The molecule has 0 radical (unpaired) electrons. The SMILES string of the molecule is N#Cc1ncn(CC(=O)NCc2ccc(F)cc2)n1. The minimum Gasteiger partial charge on any atom is -0.350 e. The van der Waals surface area contributed by atoms with Crippen molar-refractivity contribution in [3.05, 3.63) is 47.8 Å². The van der Waals surface area contributed by atoms with E-state index in [-0.39, 0.29) is 24.1 Å². The van der Waals surface area contributed by atoms with Crippen LogP contribution < -0.4 is 5.32 Å². The Morgan fingerprint density at radius 3 is 2.79 bits per heavy atom. The summed E-state index contributed by atoms with van der Waals surface area (Å²) in [6.45, 7) is 0.287. The first-order valence-corrected chi connectivity index (χ1v) is 5.48. The third-order valence-electron chi connectivity index (χ3n) is 2.35. The highest BCUT2D eigenvalue weighted by molar-refractivity contribution is 5.75. The molecule has 0 unspecified atom stereocenters. The summed E-state index contributed by atoms with van der Waals surface area (Å²) < 4.78 is 14.0. The Hall–Kier alpha value is -2.75. The van der Waals surface area contributed by atoms with Crippen LogP contribution in [-0.4, -0.2) is 20.7 Å². The van der Waals surface area contributed by atoms with E-state index >= 15 is 0 Å². The second-order valence-corrected chi connectivity index (χ2v) is 3.78. The van der Waals surface area contributed by atoms with Gasteiger partial charge in [-0.3, -0.25) is 4.79 Å². The van der Waals surface area contributed by atoms with Crippen LogP contribution in [0.25, 0.3) is 0 Å². The number of carbonyl (C=O) groups is 1. The Morgan fingerprint density at radius 2 is 2.16 bits per heavy atom. The molecule has 2 aromatic rings. The van der Waals surface area contributed by atoms with Crippen molar-refractivity contribution in [3.8, 4) is 6.07 Å². The number of rotatable bonds is 4. The molecule has 1 aromatic heterocycles. The normalized spacial score (nSPS) is 9.89. The van der Waals surface area contributed by atoms with E-state index in [2.05, 4.69) is 15.4 Å². The van der Waals surface area contributed by atoms with E-state index in [0.717, 1.165) is 5.56 Å². The highest BCUT2D eigenvalue weighted by atomic mass is 19.1. The number of carbonyl (C=O) groups excluding carboxylic acids is 1. The van der Waals surface area contributed by atoms with E-state index in [1.54, 1.807) is 18.2 Å². The molecule has 1 aromatic carbocycles. The van der Waals surface area contributed by atoms with Gasteiger partial charge in [0.25, 0.3) is 5.82 Å². The molecule has 0 bridgehead atoms. The molecule has 0 aliphatic carbocycles. The molecule has 96 valence electrons. The van der Waals surface area contributed by atoms with E-state index in [1.165, 1.54) is 23.1 Å². The summed E-state index contributed by atoms with van der Waals surface area (Å²) in [6, 6.07) is 7.63. The molecule has 0 saturated heterocycles. The summed E-state index contributed by atoms with van der Waals surface area (Å²) in [5.41, 5.74) is 0.797. The number of hydrogen-bond donors (Lipinski definition) is 1. The number of nitrogens with zero attached hydrogens (tertiary/aromatic N) is 4. The summed E-state index contributed by atoms with van der Waals surface area (Å²) >= 11 is 0. The second-order valence-electron chi connectivity index (χ2n) is 3.78. The monoisotopic (exact) mass is 259 g/mol. The number of halogens is 1. The summed E-state index contributed by atoms with van der Waals surface area (Å²) in [5.74, 6) is -0.563. The molecule has 0 spiro atoms. The quantitative estimate of drug-likeness (QED) is 0.871. The third-order valence-corrected chi connectivity index (χ3v) is 2.35. The van der Waals surface area contributed by atoms with Crippen molar-refractivity contribution in [1.82, 2.24) is 20.1 Å². The van der Waals surface area contributed by atoms with E-state index in [0.29, 0.717) is 6.54 Å². The standard InChI is InChI=1S/C12H10FN5O/c13-10-3-1-9(2-4-10)6-15-12(19)7-18-8-16-11(5-14)17-18/h1-4,8H,6-7H2,(H,15,19). The van der Waals surface area contributed by atoms with Crippen LogP contribution in [0.15, 0.2) is 30.6 Å². The summed E-state index contributed by atoms with van der Waals surface area (Å²) in [5, 5.41) is 15.0. The van der Waals surface area contributed by atoms with E-state index in [9.17, 15) is 9.18 Å². The molecule has 1 N–H and O–H groups in total. The van der Waals surface area contributed by atoms with Crippen LogP contribution in [0, 0.1) is 17.1 Å². The molecule has 6 nitrogen and oxygen atoms in total. The van der Waals surface area contributed by atoms with Gasteiger partial charge in [0.2, 0.25) is 5.91 Å². The largest absolute Gasteiger partial charge is 0.350 e. The lowest BCUT2D eigenvalue weighted by Crippen LogP contribution is -2.27. The van der Waals surface area contributed by atoms with Gasteiger partial charge in [-0.05, 0) is 17.7 Å². The van der Waals surface area contributed by atoms with Gasteiger partial charge in [-0.1, -0.05) is 12.1 Å². The Bertz CT molecular complexity index is 614. The maximum absolute atomic E-state index is 12.7. The molecule has 1 heterocycles. The fraction of sp³-hybridized carbons (Fsp3) is 0.167. The fourth-order valence-electron chi connectivity index (χ4n) is 1.43. The molecular weight excluding hydrogens is 249 g/mol. The van der Waals surface area contributed by atoms with Crippen LogP contribution >= 0.6 is 0 Å². The molecule has 7 heteroatoms. The molecule has 1 amide bonds. The van der Waals surface area contributed by atoms with E-state index < -0.39 is 0 Å². The zero-order chi connectivity index (χ0) is 13.7. The van der Waals surface area contributed by atoms with Crippen molar-refractivity contribution >= 4 is 5.91 Å². The number of amides is 1. The Morgan fingerprint density at radius 1 is 1.42 bits per heavy atom. The lowest BCUT2D eigenvalue weighted by Gasteiger charge is -2.05. The van der Waals surface area contributed by atoms with Gasteiger partial charge >= 0.3 is 0 Å². The van der Waals surface area contributed by atoms with Crippen molar-refractivity contribution in [1.29, 1.82) is 5.26 Å². The number of nitrogens with one attached hydrogen (secondary N) is 1. The molecule has 2 rings (SSSR count). The number of nitriles is 1. The van der Waals surface area contributed by atoms with Crippen LogP contribution in [-0.2, 0) is 17.9 Å².